The van der Waals surface area contributed by atoms with Gasteiger partial charge in [0.1, 0.15) is 0 Å². The van der Waals surface area contributed by atoms with E-state index in [2.05, 4.69) is 18.9 Å². The molecule has 1 aliphatic carbocycles. The van der Waals surface area contributed by atoms with Crippen molar-refractivity contribution in [3.8, 4) is 0 Å². The van der Waals surface area contributed by atoms with Crippen LogP contribution in [0.2, 0.25) is 5.02 Å². The van der Waals surface area contributed by atoms with Crippen LogP contribution in [0.3, 0.4) is 0 Å². The Morgan fingerprint density at radius 3 is 2.45 bits per heavy atom. The van der Waals surface area contributed by atoms with Crippen LogP contribution in [0.5, 0.6) is 0 Å². The lowest BCUT2D eigenvalue weighted by atomic mass is 9.84. The van der Waals surface area contributed by atoms with Crippen molar-refractivity contribution in [1.29, 1.82) is 0 Å². The monoisotopic (exact) mass is 293 g/mol. The fourth-order valence-electron chi connectivity index (χ4n) is 3.15. The van der Waals surface area contributed by atoms with E-state index >= 15 is 0 Å². The van der Waals surface area contributed by atoms with Crippen LogP contribution < -0.4 is 4.90 Å². The summed E-state index contributed by atoms with van der Waals surface area (Å²) in [4.78, 5) is 13.7. The van der Waals surface area contributed by atoms with Crippen LogP contribution in [0.15, 0.2) is 18.2 Å². The molecule has 0 atom stereocenters. The Labute approximate surface area is 127 Å². The van der Waals surface area contributed by atoms with Crippen LogP contribution >= 0.6 is 11.6 Å². The van der Waals surface area contributed by atoms with Crippen LogP contribution in [0, 0.1) is 5.92 Å². The highest BCUT2D eigenvalue weighted by molar-refractivity contribution is 6.33. The summed E-state index contributed by atoms with van der Waals surface area (Å²) in [7, 11) is 2.12. The summed E-state index contributed by atoms with van der Waals surface area (Å²) in [5, 5.41) is 0.679. The van der Waals surface area contributed by atoms with Crippen molar-refractivity contribution < 1.29 is 4.79 Å². The molecule has 0 amide bonds. The molecule has 0 unspecified atom stereocenters. The van der Waals surface area contributed by atoms with Crippen molar-refractivity contribution in [2.45, 2.75) is 52.0 Å². The molecule has 0 N–H and O–H groups in total. The Morgan fingerprint density at radius 2 is 1.95 bits per heavy atom. The third-order valence-corrected chi connectivity index (χ3v) is 4.98. The van der Waals surface area contributed by atoms with Gasteiger partial charge < -0.3 is 4.90 Å². The predicted octanol–water partition coefficient (Wildman–Crippen LogP) is 4.95. The van der Waals surface area contributed by atoms with E-state index in [4.69, 9.17) is 11.6 Å². The molecule has 0 spiro atoms. The van der Waals surface area contributed by atoms with E-state index in [0.29, 0.717) is 16.6 Å². The molecule has 110 valence electrons. The summed E-state index contributed by atoms with van der Waals surface area (Å²) in [5.74, 6) is 0.958. The molecule has 1 aliphatic rings. The lowest BCUT2D eigenvalue weighted by Gasteiger charge is -2.36. The van der Waals surface area contributed by atoms with E-state index in [1.54, 1.807) is 13.0 Å². The molecule has 0 aromatic heterocycles. The average Bonchev–Trinajstić information content (AvgIpc) is 2.46. The molecule has 20 heavy (non-hydrogen) atoms. The predicted molar refractivity (Wildman–Crippen MR) is 85.9 cm³/mol. The molecular weight excluding hydrogens is 270 g/mol. The summed E-state index contributed by atoms with van der Waals surface area (Å²) >= 11 is 6.35. The summed E-state index contributed by atoms with van der Waals surface area (Å²) < 4.78 is 0. The van der Waals surface area contributed by atoms with E-state index in [-0.39, 0.29) is 5.78 Å². The molecule has 1 saturated carbocycles. The topological polar surface area (TPSA) is 20.3 Å². The van der Waals surface area contributed by atoms with Crippen molar-refractivity contribution >= 4 is 23.1 Å². The minimum Gasteiger partial charge on any atom is -0.370 e. The zero-order valence-electron chi connectivity index (χ0n) is 12.7. The lowest BCUT2D eigenvalue weighted by molar-refractivity contribution is 0.101. The number of Topliss-reactive ketones (excluding diaryl/α,β-unsaturated/α-hetero) is 1. The van der Waals surface area contributed by atoms with Crippen molar-refractivity contribution in [1.82, 2.24) is 0 Å². The fraction of sp³-hybridized carbons (Fsp3) is 0.588. The fourth-order valence-corrected chi connectivity index (χ4v) is 3.46. The third kappa shape index (κ3) is 3.35. The SMILES string of the molecule is CCC1CCC(N(C)c2ccc(C(C)=O)cc2Cl)CC1. The highest BCUT2D eigenvalue weighted by Crippen LogP contribution is 2.34. The van der Waals surface area contributed by atoms with E-state index in [1.165, 1.54) is 32.1 Å². The molecule has 1 fully saturated rings. The van der Waals surface area contributed by atoms with Crippen molar-refractivity contribution in [3.05, 3.63) is 28.8 Å². The average molecular weight is 294 g/mol. The van der Waals surface area contributed by atoms with E-state index in [9.17, 15) is 4.79 Å². The number of nitrogens with zero attached hydrogens (tertiary/aromatic N) is 1. The minimum atomic E-state index is 0.0598. The summed E-state index contributed by atoms with van der Waals surface area (Å²) in [6.07, 6.45) is 6.40. The maximum Gasteiger partial charge on any atom is 0.159 e. The Hall–Kier alpha value is -1.02. The van der Waals surface area contributed by atoms with Gasteiger partial charge >= 0.3 is 0 Å². The van der Waals surface area contributed by atoms with Gasteiger partial charge in [-0.3, -0.25) is 4.79 Å². The molecule has 3 heteroatoms. The zero-order chi connectivity index (χ0) is 14.7. The van der Waals surface area contributed by atoms with Gasteiger partial charge in [-0.25, -0.2) is 0 Å². The Bertz CT molecular complexity index is 478. The van der Waals surface area contributed by atoms with Crippen molar-refractivity contribution in [2.24, 2.45) is 5.92 Å². The Kier molecular flexibility index (Phi) is 5.09. The lowest BCUT2D eigenvalue weighted by Crippen LogP contribution is -2.35. The number of benzene rings is 1. The first-order valence-electron chi connectivity index (χ1n) is 7.56. The highest BCUT2D eigenvalue weighted by atomic mass is 35.5. The number of hydrogen-bond acceptors (Lipinski definition) is 2. The number of hydrogen-bond donors (Lipinski definition) is 0. The number of halogens is 1. The van der Waals surface area contributed by atoms with Crippen LogP contribution in [0.25, 0.3) is 0 Å². The molecule has 0 heterocycles. The smallest absolute Gasteiger partial charge is 0.159 e. The number of carbonyl (C=O) groups excluding carboxylic acids is 1. The molecule has 1 aromatic rings. The summed E-state index contributed by atoms with van der Waals surface area (Å²) in [5.41, 5.74) is 1.72. The third-order valence-electron chi connectivity index (χ3n) is 4.68. The maximum absolute atomic E-state index is 11.4. The quantitative estimate of drug-likeness (QED) is 0.732. The van der Waals surface area contributed by atoms with Gasteiger partial charge in [-0.15, -0.1) is 0 Å². The van der Waals surface area contributed by atoms with Gasteiger partial charge in [0.15, 0.2) is 5.78 Å². The second-order valence-corrected chi connectivity index (χ2v) is 6.32. The van der Waals surface area contributed by atoms with Gasteiger partial charge in [0.2, 0.25) is 0 Å². The Balaban J connectivity index is 2.09. The maximum atomic E-state index is 11.4. The van der Waals surface area contributed by atoms with E-state index in [0.717, 1.165) is 11.6 Å². The number of ketones is 1. The largest absolute Gasteiger partial charge is 0.370 e. The first-order chi connectivity index (χ1) is 9.52. The molecule has 0 aliphatic heterocycles. The van der Waals surface area contributed by atoms with Crippen LogP contribution in [0.1, 0.15) is 56.3 Å². The molecule has 0 radical (unpaired) electrons. The first kappa shape index (κ1) is 15.4. The minimum absolute atomic E-state index is 0.0598. The second kappa shape index (κ2) is 6.62. The normalized spacial score (nSPS) is 22.6. The van der Waals surface area contributed by atoms with Gasteiger partial charge in [-0.05, 0) is 56.7 Å². The van der Waals surface area contributed by atoms with Gasteiger partial charge in [-0.1, -0.05) is 24.9 Å². The molecular formula is C17H24ClNO. The van der Waals surface area contributed by atoms with Crippen molar-refractivity contribution in [2.75, 3.05) is 11.9 Å². The second-order valence-electron chi connectivity index (χ2n) is 5.92. The van der Waals surface area contributed by atoms with Crippen LogP contribution in [-0.4, -0.2) is 18.9 Å². The number of anilines is 1. The molecule has 0 bridgehead atoms. The van der Waals surface area contributed by atoms with Gasteiger partial charge in [0.05, 0.1) is 10.7 Å². The van der Waals surface area contributed by atoms with Crippen molar-refractivity contribution in [3.63, 3.8) is 0 Å². The van der Waals surface area contributed by atoms with Gasteiger partial charge in [0, 0.05) is 18.7 Å². The summed E-state index contributed by atoms with van der Waals surface area (Å²) in [6.45, 7) is 3.85. The van der Waals surface area contributed by atoms with E-state index in [1.807, 2.05) is 12.1 Å². The number of carbonyl (C=O) groups is 1. The van der Waals surface area contributed by atoms with Crippen LogP contribution in [0.4, 0.5) is 5.69 Å². The highest BCUT2D eigenvalue weighted by Gasteiger charge is 2.24. The Morgan fingerprint density at radius 1 is 1.30 bits per heavy atom. The summed E-state index contributed by atoms with van der Waals surface area (Å²) in [6, 6.07) is 6.20. The van der Waals surface area contributed by atoms with Gasteiger partial charge in [0.25, 0.3) is 0 Å². The molecule has 0 saturated heterocycles. The standard InChI is InChI=1S/C17H24ClNO/c1-4-13-5-8-15(9-6-13)19(3)17-10-7-14(12(2)20)11-16(17)18/h7,10-11,13,15H,4-6,8-9H2,1-3H3. The number of rotatable bonds is 4. The van der Waals surface area contributed by atoms with Gasteiger partial charge in [-0.2, -0.15) is 0 Å². The zero-order valence-corrected chi connectivity index (χ0v) is 13.4. The van der Waals surface area contributed by atoms with E-state index < -0.39 is 0 Å². The molecule has 2 nitrogen and oxygen atoms in total. The molecule has 2 rings (SSSR count). The molecule has 1 aromatic carbocycles. The van der Waals surface area contributed by atoms with Crippen LogP contribution in [-0.2, 0) is 0 Å². The first-order valence-corrected chi connectivity index (χ1v) is 7.94.